The summed E-state index contributed by atoms with van der Waals surface area (Å²) in [5.74, 6) is 1.29. The molecular formula is C18H17Cl2N5. The third kappa shape index (κ3) is 4.81. The van der Waals surface area contributed by atoms with Crippen molar-refractivity contribution < 1.29 is 0 Å². The summed E-state index contributed by atoms with van der Waals surface area (Å²) >= 11 is 12.2. The third-order valence-electron chi connectivity index (χ3n) is 3.69. The Morgan fingerprint density at radius 1 is 1.04 bits per heavy atom. The molecule has 0 saturated carbocycles. The number of rotatable bonds is 6. The fraction of sp³-hybridized carbons (Fsp3) is 0.167. The predicted octanol–water partition coefficient (Wildman–Crippen LogP) is 4.60. The van der Waals surface area contributed by atoms with Crippen molar-refractivity contribution >= 4 is 40.7 Å². The molecule has 128 valence electrons. The second-order valence-corrected chi connectivity index (χ2v) is 6.36. The zero-order valence-electron chi connectivity index (χ0n) is 13.7. The number of anilines is 3. The number of benzene rings is 1. The Morgan fingerprint density at radius 3 is 2.64 bits per heavy atom. The Hall–Kier alpha value is -2.37. The lowest BCUT2D eigenvalue weighted by Crippen LogP contribution is -2.21. The molecule has 2 heterocycles. The second kappa shape index (κ2) is 8.14. The Balaban J connectivity index is 1.69. The minimum Gasteiger partial charge on any atom is -0.359 e. The van der Waals surface area contributed by atoms with E-state index in [1.54, 1.807) is 36.8 Å². The minimum atomic E-state index is 0.470. The normalized spacial score (nSPS) is 10.5. The Morgan fingerprint density at radius 2 is 1.84 bits per heavy atom. The van der Waals surface area contributed by atoms with E-state index in [9.17, 15) is 0 Å². The molecule has 0 spiro atoms. The molecule has 0 unspecified atom stereocenters. The van der Waals surface area contributed by atoms with Crippen LogP contribution in [0.4, 0.5) is 17.5 Å². The van der Waals surface area contributed by atoms with Crippen LogP contribution in [0.15, 0.2) is 55.0 Å². The largest absolute Gasteiger partial charge is 0.359 e. The van der Waals surface area contributed by atoms with Gasteiger partial charge in [-0.2, -0.15) is 4.98 Å². The maximum absolute atomic E-state index is 6.17. The standard InChI is InChI=1S/C18H17Cl2N5/c1-25(11-7-13-4-8-21-9-5-13)17-6-10-22-18(24-17)23-16-12-14(19)2-3-15(16)20/h2-6,8-10,12H,7,11H2,1H3,(H,22,23,24). The molecule has 1 N–H and O–H groups in total. The van der Waals surface area contributed by atoms with Gasteiger partial charge in [-0.05, 0) is 48.4 Å². The number of hydrogen-bond donors (Lipinski definition) is 1. The van der Waals surface area contributed by atoms with Gasteiger partial charge in [0, 0.05) is 37.2 Å². The van der Waals surface area contributed by atoms with Crippen molar-refractivity contribution in [2.75, 3.05) is 23.8 Å². The van der Waals surface area contributed by atoms with Crippen molar-refractivity contribution in [1.82, 2.24) is 15.0 Å². The van der Waals surface area contributed by atoms with Crippen LogP contribution in [0.2, 0.25) is 10.0 Å². The molecule has 1 aromatic carbocycles. The first kappa shape index (κ1) is 17.5. The Kier molecular flexibility index (Phi) is 5.68. The quantitative estimate of drug-likeness (QED) is 0.683. The summed E-state index contributed by atoms with van der Waals surface area (Å²) in [6.45, 7) is 0.832. The van der Waals surface area contributed by atoms with Crippen LogP contribution in [-0.4, -0.2) is 28.5 Å². The van der Waals surface area contributed by atoms with E-state index in [0.717, 1.165) is 18.8 Å². The van der Waals surface area contributed by atoms with Gasteiger partial charge in [-0.3, -0.25) is 4.98 Å². The van der Waals surface area contributed by atoms with Crippen LogP contribution in [0.3, 0.4) is 0 Å². The summed E-state index contributed by atoms with van der Waals surface area (Å²) in [4.78, 5) is 14.9. The van der Waals surface area contributed by atoms with Crippen LogP contribution in [-0.2, 0) is 6.42 Å². The van der Waals surface area contributed by atoms with Gasteiger partial charge in [0.25, 0.3) is 0 Å². The van der Waals surface area contributed by atoms with Gasteiger partial charge >= 0.3 is 0 Å². The number of aromatic nitrogens is 3. The highest BCUT2D eigenvalue weighted by molar-refractivity contribution is 6.35. The zero-order valence-corrected chi connectivity index (χ0v) is 15.2. The molecule has 5 nitrogen and oxygen atoms in total. The lowest BCUT2D eigenvalue weighted by atomic mass is 10.2. The molecule has 0 radical (unpaired) electrons. The molecule has 0 saturated heterocycles. The van der Waals surface area contributed by atoms with Gasteiger partial charge in [0.05, 0.1) is 10.7 Å². The third-order valence-corrected chi connectivity index (χ3v) is 4.26. The summed E-state index contributed by atoms with van der Waals surface area (Å²) in [5.41, 5.74) is 1.91. The SMILES string of the molecule is CN(CCc1ccncc1)c1ccnc(Nc2cc(Cl)ccc2Cl)n1. The first-order chi connectivity index (χ1) is 12.1. The van der Waals surface area contributed by atoms with E-state index < -0.39 is 0 Å². The van der Waals surface area contributed by atoms with E-state index >= 15 is 0 Å². The molecule has 0 bridgehead atoms. The molecule has 0 atom stereocenters. The van der Waals surface area contributed by atoms with Crippen molar-refractivity contribution in [3.63, 3.8) is 0 Å². The number of likely N-dealkylation sites (N-methyl/N-ethyl adjacent to an activating group) is 1. The van der Waals surface area contributed by atoms with Crippen LogP contribution in [0.5, 0.6) is 0 Å². The average molecular weight is 374 g/mol. The number of pyridine rings is 1. The van der Waals surface area contributed by atoms with Gasteiger partial charge < -0.3 is 10.2 Å². The minimum absolute atomic E-state index is 0.470. The Labute approximate surface area is 156 Å². The van der Waals surface area contributed by atoms with E-state index in [2.05, 4.69) is 25.2 Å². The van der Waals surface area contributed by atoms with Crippen molar-refractivity contribution in [3.8, 4) is 0 Å². The highest BCUT2D eigenvalue weighted by atomic mass is 35.5. The molecule has 0 aliphatic heterocycles. The summed E-state index contributed by atoms with van der Waals surface area (Å²) in [6, 6.07) is 11.1. The van der Waals surface area contributed by atoms with Gasteiger partial charge in [-0.25, -0.2) is 4.98 Å². The smallest absolute Gasteiger partial charge is 0.229 e. The highest BCUT2D eigenvalue weighted by Gasteiger charge is 2.07. The van der Waals surface area contributed by atoms with Gasteiger partial charge in [0.1, 0.15) is 5.82 Å². The molecule has 3 aromatic rings. The number of nitrogens with zero attached hydrogens (tertiary/aromatic N) is 4. The zero-order chi connectivity index (χ0) is 17.6. The van der Waals surface area contributed by atoms with Crippen LogP contribution in [0.25, 0.3) is 0 Å². The van der Waals surface area contributed by atoms with E-state index in [1.807, 2.05) is 25.2 Å². The first-order valence-electron chi connectivity index (χ1n) is 7.77. The summed E-state index contributed by atoms with van der Waals surface area (Å²) in [7, 11) is 2.00. The fourth-order valence-corrected chi connectivity index (χ4v) is 2.63. The molecule has 0 aliphatic rings. The van der Waals surface area contributed by atoms with Crippen LogP contribution in [0.1, 0.15) is 5.56 Å². The van der Waals surface area contributed by atoms with Gasteiger partial charge in [-0.15, -0.1) is 0 Å². The molecule has 3 rings (SSSR count). The van der Waals surface area contributed by atoms with E-state index in [1.165, 1.54) is 5.56 Å². The predicted molar refractivity (Wildman–Crippen MR) is 103 cm³/mol. The van der Waals surface area contributed by atoms with Crippen LogP contribution >= 0.6 is 23.2 Å². The molecule has 7 heteroatoms. The van der Waals surface area contributed by atoms with Crippen LogP contribution in [0, 0.1) is 0 Å². The monoisotopic (exact) mass is 373 g/mol. The van der Waals surface area contributed by atoms with Crippen molar-refractivity contribution in [1.29, 1.82) is 0 Å². The fourth-order valence-electron chi connectivity index (χ4n) is 2.30. The van der Waals surface area contributed by atoms with Gasteiger partial charge in [0.15, 0.2) is 0 Å². The summed E-state index contributed by atoms with van der Waals surface area (Å²) < 4.78 is 0. The van der Waals surface area contributed by atoms with Crippen molar-refractivity contribution in [2.45, 2.75) is 6.42 Å². The van der Waals surface area contributed by atoms with Gasteiger partial charge in [0.2, 0.25) is 5.95 Å². The molecule has 25 heavy (non-hydrogen) atoms. The lowest BCUT2D eigenvalue weighted by molar-refractivity contribution is 0.855. The summed E-state index contributed by atoms with van der Waals surface area (Å²) in [6.07, 6.45) is 6.23. The lowest BCUT2D eigenvalue weighted by Gasteiger charge is -2.18. The van der Waals surface area contributed by atoms with Crippen molar-refractivity contribution in [2.24, 2.45) is 0 Å². The Bertz CT molecular complexity index is 842. The van der Waals surface area contributed by atoms with Crippen molar-refractivity contribution in [3.05, 3.63) is 70.6 Å². The molecular weight excluding hydrogens is 357 g/mol. The number of hydrogen-bond acceptors (Lipinski definition) is 5. The van der Waals surface area contributed by atoms with E-state index in [0.29, 0.717) is 21.7 Å². The number of nitrogens with one attached hydrogen (secondary N) is 1. The first-order valence-corrected chi connectivity index (χ1v) is 8.52. The van der Waals surface area contributed by atoms with E-state index in [4.69, 9.17) is 23.2 Å². The summed E-state index contributed by atoms with van der Waals surface area (Å²) in [5, 5.41) is 4.26. The van der Waals surface area contributed by atoms with E-state index in [-0.39, 0.29) is 0 Å². The number of halogens is 2. The average Bonchev–Trinajstić information content (AvgIpc) is 2.64. The molecule has 0 amide bonds. The maximum Gasteiger partial charge on any atom is 0.229 e. The maximum atomic E-state index is 6.17. The molecule has 2 aromatic heterocycles. The highest BCUT2D eigenvalue weighted by Crippen LogP contribution is 2.27. The van der Waals surface area contributed by atoms with Gasteiger partial charge in [-0.1, -0.05) is 23.2 Å². The molecule has 0 fully saturated rings. The molecule has 0 aliphatic carbocycles. The second-order valence-electron chi connectivity index (χ2n) is 5.51. The topological polar surface area (TPSA) is 53.9 Å². The van der Waals surface area contributed by atoms with Crippen LogP contribution < -0.4 is 10.2 Å².